The number of hydrogen-bond acceptors (Lipinski definition) is 4. The zero-order valence-corrected chi connectivity index (χ0v) is 23.9. The van der Waals surface area contributed by atoms with E-state index in [1.807, 2.05) is 23.5 Å². The van der Waals surface area contributed by atoms with Gasteiger partial charge in [-0.15, -0.1) is 11.3 Å². The standard InChI is InChI=1S/C39H24N2OS/c1-2-8-25(9-3-1)26-14-17-28(18-15-26)41(29-19-23-37-34(24-29)32-12-6-7-13-36(32)43-37)39-40-38-33-20-16-27-10-4-5-11-30(27)31(33)21-22-35(38)42-39/h1-24H. The van der Waals surface area contributed by atoms with Crippen LogP contribution in [0.25, 0.3) is 63.9 Å². The maximum atomic E-state index is 6.57. The smallest absolute Gasteiger partial charge is 0.307 e. The first-order valence-corrected chi connectivity index (χ1v) is 15.2. The van der Waals surface area contributed by atoms with Crippen LogP contribution in [-0.2, 0) is 0 Å². The lowest BCUT2D eigenvalue weighted by atomic mass is 10.0. The zero-order chi connectivity index (χ0) is 28.3. The Bertz CT molecular complexity index is 2460. The van der Waals surface area contributed by atoms with Gasteiger partial charge in [0.15, 0.2) is 5.58 Å². The Morgan fingerprint density at radius 1 is 0.488 bits per heavy atom. The van der Waals surface area contributed by atoms with Gasteiger partial charge in [-0.1, -0.05) is 97.1 Å². The van der Waals surface area contributed by atoms with Gasteiger partial charge in [-0.3, -0.25) is 4.90 Å². The Hall–Kier alpha value is -5.45. The van der Waals surface area contributed by atoms with Crippen molar-refractivity contribution < 1.29 is 4.42 Å². The van der Waals surface area contributed by atoms with E-state index in [-0.39, 0.29) is 0 Å². The molecule has 2 heterocycles. The first-order valence-electron chi connectivity index (χ1n) is 14.4. The minimum atomic E-state index is 0.544. The molecule has 43 heavy (non-hydrogen) atoms. The third kappa shape index (κ3) is 3.92. The molecule has 0 aliphatic rings. The molecule has 2 aromatic heterocycles. The fraction of sp³-hybridized carbons (Fsp3) is 0. The third-order valence-electron chi connectivity index (χ3n) is 8.31. The summed E-state index contributed by atoms with van der Waals surface area (Å²) >= 11 is 1.82. The summed E-state index contributed by atoms with van der Waals surface area (Å²) in [4.78, 5) is 7.31. The number of nitrogens with zero attached hydrogens (tertiary/aromatic N) is 2. The lowest BCUT2D eigenvalue weighted by Gasteiger charge is -2.21. The van der Waals surface area contributed by atoms with E-state index in [4.69, 9.17) is 9.40 Å². The van der Waals surface area contributed by atoms with Crippen LogP contribution in [0.5, 0.6) is 0 Å². The monoisotopic (exact) mass is 568 g/mol. The van der Waals surface area contributed by atoms with Crippen LogP contribution in [0.15, 0.2) is 150 Å². The minimum Gasteiger partial charge on any atom is -0.423 e. The Morgan fingerprint density at radius 2 is 1.19 bits per heavy atom. The van der Waals surface area contributed by atoms with Gasteiger partial charge in [0.25, 0.3) is 0 Å². The number of benzene rings is 7. The van der Waals surface area contributed by atoms with Gasteiger partial charge >= 0.3 is 6.01 Å². The topological polar surface area (TPSA) is 29.3 Å². The van der Waals surface area contributed by atoms with Crippen LogP contribution in [0, 0.1) is 0 Å². The van der Waals surface area contributed by atoms with Crippen LogP contribution in [-0.4, -0.2) is 4.98 Å². The van der Waals surface area contributed by atoms with E-state index in [0.29, 0.717) is 6.01 Å². The van der Waals surface area contributed by atoms with Gasteiger partial charge in [-0.05, 0) is 75.8 Å². The highest BCUT2D eigenvalue weighted by atomic mass is 32.1. The summed E-state index contributed by atoms with van der Waals surface area (Å²) in [5.41, 5.74) is 5.98. The SMILES string of the molecule is c1ccc(-c2ccc(N(c3ccc4sc5ccccc5c4c3)c3nc4c(ccc5c6ccccc6ccc54)o3)cc2)cc1. The van der Waals surface area contributed by atoms with E-state index in [9.17, 15) is 0 Å². The van der Waals surface area contributed by atoms with E-state index in [1.54, 1.807) is 0 Å². The van der Waals surface area contributed by atoms with Crippen LogP contribution < -0.4 is 4.90 Å². The van der Waals surface area contributed by atoms with Crippen LogP contribution in [0.2, 0.25) is 0 Å². The van der Waals surface area contributed by atoms with E-state index < -0.39 is 0 Å². The molecule has 0 bridgehead atoms. The zero-order valence-electron chi connectivity index (χ0n) is 23.1. The van der Waals surface area contributed by atoms with E-state index in [2.05, 4.69) is 138 Å². The molecule has 202 valence electrons. The fourth-order valence-electron chi connectivity index (χ4n) is 6.22. The van der Waals surface area contributed by atoms with Crippen LogP contribution in [0.3, 0.4) is 0 Å². The molecule has 0 aliphatic carbocycles. The molecule has 0 unspecified atom stereocenters. The molecule has 0 saturated carbocycles. The van der Waals surface area contributed by atoms with Gasteiger partial charge in [0.05, 0.1) is 11.4 Å². The second kappa shape index (κ2) is 9.55. The lowest BCUT2D eigenvalue weighted by molar-refractivity contribution is 0.608. The van der Waals surface area contributed by atoms with E-state index >= 15 is 0 Å². The molecule has 9 rings (SSSR count). The highest BCUT2D eigenvalue weighted by molar-refractivity contribution is 7.25. The quantitative estimate of drug-likeness (QED) is 0.198. The Labute approximate surface area is 251 Å². The summed E-state index contributed by atoms with van der Waals surface area (Å²) in [6, 6.07) is 51.9. The second-order valence-corrected chi connectivity index (χ2v) is 11.9. The average Bonchev–Trinajstić information content (AvgIpc) is 3.67. The second-order valence-electron chi connectivity index (χ2n) is 10.8. The largest absolute Gasteiger partial charge is 0.423 e. The van der Waals surface area contributed by atoms with Gasteiger partial charge in [0.2, 0.25) is 0 Å². The average molecular weight is 569 g/mol. The van der Waals surface area contributed by atoms with Crippen molar-refractivity contribution in [2.75, 3.05) is 4.90 Å². The van der Waals surface area contributed by atoms with Crippen molar-refractivity contribution in [2.45, 2.75) is 0 Å². The van der Waals surface area contributed by atoms with E-state index in [1.165, 1.54) is 47.5 Å². The molecule has 0 saturated heterocycles. The summed E-state index contributed by atoms with van der Waals surface area (Å²) < 4.78 is 9.12. The molecule has 0 radical (unpaired) electrons. The van der Waals surface area contributed by atoms with Crippen LogP contribution in [0.4, 0.5) is 17.4 Å². The summed E-state index contributed by atoms with van der Waals surface area (Å²) in [5.74, 6) is 0. The maximum Gasteiger partial charge on any atom is 0.307 e. The van der Waals surface area contributed by atoms with Gasteiger partial charge in [-0.2, -0.15) is 4.98 Å². The first kappa shape index (κ1) is 24.2. The minimum absolute atomic E-state index is 0.544. The molecule has 4 heteroatoms. The molecule has 0 amide bonds. The molecule has 0 fully saturated rings. The summed E-state index contributed by atoms with van der Waals surface area (Å²) in [7, 11) is 0. The summed E-state index contributed by atoms with van der Waals surface area (Å²) in [5, 5.41) is 7.19. The summed E-state index contributed by atoms with van der Waals surface area (Å²) in [6.07, 6.45) is 0. The van der Waals surface area contributed by atoms with E-state index in [0.717, 1.165) is 27.9 Å². The first-order chi connectivity index (χ1) is 21.3. The highest BCUT2D eigenvalue weighted by Crippen LogP contribution is 2.42. The molecule has 0 spiro atoms. The molecule has 0 atom stereocenters. The number of thiophene rings is 1. The highest BCUT2D eigenvalue weighted by Gasteiger charge is 2.21. The van der Waals surface area contributed by atoms with Crippen molar-refractivity contribution in [1.82, 2.24) is 4.98 Å². The van der Waals surface area contributed by atoms with Crippen molar-refractivity contribution >= 4 is 81.5 Å². The lowest BCUT2D eigenvalue weighted by Crippen LogP contribution is -2.10. The van der Waals surface area contributed by atoms with Crippen LogP contribution >= 0.6 is 11.3 Å². The molecule has 0 N–H and O–H groups in total. The maximum absolute atomic E-state index is 6.57. The molecule has 9 aromatic rings. The van der Waals surface area contributed by atoms with Gasteiger partial charge < -0.3 is 4.42 Å². The molecule has 3 nitrogen and oxygen atoms in total. The van der Waals surface area contributed by atoms with Crippen molar-refractivity contribution in [2.24, 2.45) is 0 Å². The van der Waals surface area contributed by atoms with Crippen molar-refractivity contribution in [3.8, 4) is 11.1 Å². The predicted octanol–water partition coefficient (Wildman–Crippen LogP) is 11.6. The van der Waals surface area contributed by atoms with Crippen molar-refractivity contribution in [3.05, 3.63) is 146 Å². The molecule has 7 aromatic carbocycles. The Balaban J connectivity index is 1.25. The van der Waals surface area contributed by atoms with Gasteiger partial charge in [-0.25, -0.2) is 0 Å². The number of oxazole rings is 1. The number of hydrogen-bond donors (Lipinski definition) is 0. The number of aromatic nitrogens is 1. The fourth-order valence-corrected chi connectivity index (χ4v) is 7.31. The summed E-state index contributed by atoms with van der Waals surface area (Å²) in [6.45, 7) is 0. The van der Waals surface area contributed by atoms with Crippen molar-refractivity contribution in [3.63, 3.8) is 0 Å². The van der Waals surface area contributed by atoms with Crippen LogP contribution in [0.1, 0.15) is 0 Å². The van der Waals surface area contributed by atoms with Crippen molar-refractivity contribution in [1.29, 1.82) is 0 Å². The third-order valence-corrected chi connectivity index (χ3v) is 9.46. The van der Waals surface area contributed by atoms with Gasteiger partial charge in [0, 0.05) is 25.6 Å². The normalized spacial score (nSPS) is 11.7. The molecule has 0 aliphatic heterocycles. The number of anilines is 3. The predicted molar refractivity (Wildman–Crippen MR) is 182 cm³/mol. The number of fused-ring (bicyclic) bond motifs is 8. The Morgan fingerprint density at radius 3 is 2.07 bits per heavy atom. The molecular weight excluding hydrogens is 545 g/mol. The Kier molecular flexibility index (Phi) is 5.37. The molecular formula is C39H24N2OS. The van der Waals surface area contributed by atoms with Gasteiger partial charge in [0.1, 0.15) is 5.52 Å². The number of rotatable bonds is 4.